The van der Waals surface area contributed by atoms with Crippen LogP contribution in [0.3, 0.4) is 0 Å². The molecule has 1 saturated carbocycles. The lowest BCUT2D eigenvalue weighted by Gasteiger charge is -2.13. The van der Waals surface area contributed by atoms with Gasteiger partial charge in [-0.15, -0.1) is 11.3 Å². The first-order valence-electron chi connectivity index (χ1n) is 6.06. The number of anilines is 1. The molecule has 18 heavy (non-hydrogen) atoms. The van der Waals surface area contributed by atoms with Gasteiger partial charge >= 0.3 is 0 Å². The quantitative estimate of drug-likeness (QED) is 0.889. The molecule has 1 aromatic rings. The van der Waals surface area contributed by atoms with E-state index in [2.05, 4.69) is 11.4 Å². The van der Waals surface area contributed by atoms with E-state index in [-0.39, 0.29) is 12.0 Å². The van der Waals surface area contributed by atoms with Gasteiger partial charge in [0.1, 0.15) is 17.2 Å². The predicted octanol–water partition coefficient (Wildman–Crippen LogP) is 2.55. The molecular weight excluding hydrogens is 248 g/mol. The largest absolute Gasteiger partial charge is 0.371 e. The van der Waals surface area contributed by atoms with Gasteiger partial charge in [0.25, 0.3) is 5.91 Å². The summed E-state index contributed by atoms with van der Waals surface area (Å²) in [5.41, 5.74) is 0.538. The third kappa shape index (κ3) is 2.71. The van der Waals surface area contributed by atoms with Crippen LogP contribution in [-0.4, -0.2) is 19.1 Å². The highest BCUT2D eigenvalue weighted by Gasteiger charge is 2.36. The summed E-state index contributed by atoms with van der Waals surface area (Å²) in [6, 6.07) is 3.94. The number of methoxy groups -OCH3 is 1. The molecule has 0 saturated heterocycles. The van der Waals surface area contributed by atoms with Crippen LogP contribution in [0.25, 0.3) is 0 Å². The number of nitrogens with zero attached hydrogens (tertiary/aromatic N) is 1. The van der Waals surface area contributed by atoms with E-state index in [9.17, 15) is 4.79 Å². The van der Waals surface area contributed by atoms with E-state index < -0.39 is 0 Å². The summed E-state index contributed by atoms with van der Waals surface area (Å²) in [5.74, 6) is 0.201. The molecule has 1 aliphatic carbocycles. The Morgan fingerprint density at radius 1 is 1.72 bits per heavy atom. The lowest BCUT2D eigenvalue weighted by Crippen LogP contribution is -2.31. The highest BCUT2D eigenvalue weighted by molar-refractivity contribution is 7.16. The second-order valence-corrected chi connectivity index (χ2v) is 5.54. The number of nitrogens with one attached hydrogen (secondary N) is 1. The van der Waals surface area contributed by atoms with Gasteiger partial charge in [-0.2, -0.15) is 5.26 Å². The zero-order valence-electron chi connectivity index (χ0n) is 10.5. The van der Waals surface area contributed by atoms with Gasteiger partial charge in [0.05, 0.1) is 5.56 Å². The zero-order chi connectivity index (χ0) is 13.1. The smallest absolute Gasteiger partial charge is 0.254 e. The van der Waals surface area contributed by atoms with Crippen LogP contribution in [0, 0.1) is 17.2 Å². The maximum absolute atomic E-state index is 12.1. The molecule has 1 aromatic heterocycles. The summed E-state index contributed by atoms with van der Waals surface area (Å²) in [5, 5.41) is 12.5. The van der Waals surface area contributed by atoms with Crippen LogP contribution in [0.2, 0.25) is 0 Å². The number of rotatable bonds is 5. The molecule has 1 atom stereocenters. The summed E-state index contributed by atoms with van der Waals surface area (Å²) in [6.45, 7) is 2.03. The number of amides is 1. The Hall–Kier alpha value is -1.38. The highest BCUT2D eigenvalue weighted by Crippen LogP contribution is 2.35. The fraction of sp³-hybridized carbons (Fsp3) is 0.538. The van der Waals surface area contributed by atoms with E-state index in [1.807, 2.05) is 13.0 Å². The monoisotopic (exact) mass is 264 g/mol. The highest BCUT2D eigenvalue weighted by atomic mass is 32.1. The average molecular weight is 264 g/mol. The predicted molar refractivity (Wildman–Crippen MR) is 70.6 cm³/mol. The maximum atomic E-state index is 12.1. The molecule has 2 rings (SSSR count). The Labute approximate surface area is 111 Å². The van der Waals surface area contributed by atoms with Crippen molar-refractivity contribution in [2.24, 2.45) is 5.92 Å². The number of carbonyl (C=O) groups is 1. The van der Waals surface area contributed by atoms with E-state index in [0.717, 1.165) is 24.1 Å². The van der Waals surface area contributed by atoms with Gasteiger partial charge < -0.3 is 10.1 Å². The average Bonchev–Trinajstić information content (AvgIpc) is 3.11. The lowest BCUT2D eigenvalue weighted by atomic mass is 10.2. The molecule has 1 fully saturated rings. The van der Waals surface area contributed by atoms with E-state index in [1.54, 1.807) is 7.11 Å². The fourth-order valence-electron chi connectivity index (χ4n) is 1.89. The van der Waals surface area contributed by atoms with E-state index >= 15 is 0 Å². The molecule has 0 bridgehead atoms. The minimum Gasteiger partial charge on any atom is -0.371 e. The minimum atomic E-state index is -0.385. The Morgan fingerprint density at radius 2 is 2.44 bits per heavy atom. The van der Waals surface area contributed by atoms with Crippen LogP contribution in [0.15, 0.2) is 6.07 Å². The summed E-state index contributed by atoms with van der Waals surface area (Å²) in [4.78, 5) is 13.2. The molecule has 1 aliphatic rings. The lowest BCUT2D eigenvalue weighted by molar-refractivity contribution is -0.126. The summed E-state index contributed by atoms with van der Waals surface area (Å²) >= 11 is 1.46. The third-order valence-corrected chi connectivity index (χ3v) is 4.25. The topological polar surface area (TPSA) is 62.1 Å². The van der Waals surface area contributed by atoms with E-state index in [4.69, 9.17) is 10.00 Å². The molecule has 1 N–H and O–H groups in total. The van der Waals surface area contributed by atoms with Crippen molar-refractivity contribution in [2.75, 3.05) is 12.4 Å². The van der Waals surface area contributed by atoms with Crippen LogP contribution in [0.4, 0.5) is 5.00 Å². The van der Waals surface area contributed by atoms with Gasteiger partial charge in [0.2, 0.25) is 0 Å². The minimum absolute atomic E-state index is 0.138. The Bertz CT molecular complexity index is 486. The molecule has 0 aliphatic heterocycles. The molecule has 0 spiro atoms. The molecule has 4 nitrogen and oxygen atoms in total. The number of carbonyl (C=O) groups excluding carboxylic acids is 1. The third-order valence-electron chi connectivity index (χ3n) is 3.05. The Balaban J connectivity index is 2.10. The number of hydrogen-bond acceptors (Lipinski definition) is 4. The van der Waals surface area contributed by atoms with Crippen molar-refractivity contribution in [3.8, 4) is 6.07 Å². The first-order valence-corrected chi connectivity index (χ1v) is 6.87. The van der Waals surface area contributed by atoms with Gasteiger partial charge in [-0.3, -0.25) is 4.79 Å². The van der Waals surface area contributed by atoms with Gasteiger partial charge in [0, 0.05) is 12.0 Å². The number of thiophene rings is 1. The van der Waals surface area contributed by atoms with Gasteiger partial charge in [-0.1, -0.05) is 6.92 Å². The van der Waals surface area contributed by atoms with Crippen LogP contribution in [0.1, 0.15) is 30.2 Å². The van der Waals surface area contributed by atoms with Crippen LogP contribution in [0.5, 0.6) is 0 Å². The second kappa shape index (κ2) is 5.51. The first-order chi connectivity index (χ1) is 8.69. The molecule has 1 amide bonds. The summed E-state index contributed by atoms with van der Waals surface area (Å²) in [7, 11) is 1.56. The summed E-state index contributed by atoms with van der Waals surface area (Å²) < 4.78 is 5.22. The van der Waals surface area contributed by atoms with E-state index in [0.29, 0.717) is 16.5 Å². The second-order valence-electron chi connectivity index (χ2n) is 4.40. The van der Waals surface area contributed by atoms with Crippen molar-refractivity contribution in [2.45, 2.75) is 32.3 Å². The summed E-state index contributed by atoms with van der Waals surface area (Å²) in [6.07, 6.45) is 2.57. The van der Waals surface area contributed by atoms with Crippen LogP contribution < -0.4 is 5.32 Å². The molecule has 1 unspecified atom stereocenters. The zero-order valence-corrected chi connectivity index (χ0v) is 11.3. The fourth-order valence-corrected chi connectivity index (χ4v) is 2.84. The normalized spacial score (nSPS) is 16.1. The van der Waals surface area contributed by atoms with Crippen LogP contribution >= 0.6 is 11.3 Å². The van der Waals surface area contributed by atoms with Crippen LogP contribution in [-0.2, 0) is 16.0 Å². The van der Waals surface area contributed by atoms with Crippen molar-refractivity contribution >= 4 is 22.2 Å². The van der Waals surface area contributed by atoms with Crippen molar-refractivity contribution in [3.63, 3.8) is 0 Å². The molecule has 5 heteroatoms. The molecular formula is C13H16N2O2S. The molecule has 96 valence electrons. The van der Waals surface area contributed by atoms with E-state index in [1.165, 1.54) is 11.3 Å². The van der Waals surface area contributed by atoms with Crippen molar-refractivity contribution in [1.82, 2.24) is 0 Å². The number of hydrogen-bond donors (Lipinski definition) is 1. The number of aryl methyl sites for hydroxylation is 1. The number of ether oxygens (including phenoxy) is 1. The Kier molecular flexibility index (Phi) is 4.00. The molecule has 0 radical (unpaired) electrons. The van der Waals surface area contributed by atoms with Crippen molar-refractivity contribution in [3.05, 3.63) is 16.5 Å². The van der Waals surface area contributed by atoms with Crippen molar-refractivity contribution < 1.29 is 9.53 Å². The molecule has 1 heterocycles. The maximum Gasteiger partial charge on any atom is 0.254 e. The van der Waals surface area contributed by atoms with Crippen molar-refractivity contribution in [1.29, 1.82) is 5.26 Å². The molecule has 0 aromatic carbocycles. The van der Waals surface area contributed by atoms with Gasteiger partial charge in [0.15, 0.2) is 0 Å². The van der Waals surface area contributed by atoms with Gasteiger partial charge in [-0.05, 0) is 31.2 Å². The standard InChI is InChI=1S/C13H16N2O2S/c1-3-10-6-9(7-14)13(18-10)15-12(16)11(17-2)8-4-5-8/h6,8,11H,3-5H2,1-2H3,(H,15,16). The SMILES string of the molecule is CCc1cc(C#N)c(NC(=O)C(OC)C2CC2)s1. The number of nitriles is 1. The van der Waals surface area contributed by atoms with Gasteiger partial charge in [-0.25, -0.2) is 0 Å². The first kappa shape index (κ1) is 13.1. The Morgan fingerprint density at radius 3 is 2.94 bits per heavy atom.